The Bertz CT molecular complexity index is 797. The number of rotatable bonds is 3. The molecule has 1 aliphatic heterocycles. The van der Waals surface area contributed by atoms with Crippen molar-refractivity contribution < 1.29 is 13.5 Å². The summed E-state index contributed by atoms with van der Waals surface area (Å²) in [5.74, 6) is 0.393. The van der Waals surface area contributed by atoms with Crippen LogP contribution in [0.3, 0.4) is 0 Å². The van der Waals surface area contributed by atoms with Crippen LogP contribution in [0, 0.1) is 5.92 Å². The van der Waals surface area contributed by atoms with Crippen molar-refractivity contribution in [3.05, 3.63) is 30.6 Å². The Morgan fingerprint density at radius 1 is 1.23 bits per heavy atom. The zero-order valence-corrected chi connectivity index (χ0v) is 13.0. The summed E-state index contributed by atoms with van der Waals surface area (Å²) in [4.78, 5) is 4.19. The van der Waals surface area contributed by atoms with Crippen molar-refractivity contribution in [3.63, 3.8) is 0 Å². The minimum atomic E-state index is -3.60. The van der Waals surface area contributed by atoms with E-state index in [1.54, 1.807) is 27.0 Å². The van der Waals surface area contributed by atoms with Crippen LogP contribution < -0.4 is 0 Å². The van der Waals surface area contributed by atoms with Gasteiger partial charge in [-0.25, -0.2) is 13.4 Å². The van der Waals surface area contributed by atoms with Crippen LogP contribution in [0.1, 0.15) is 25.7 Å². The maximum atomic E-state index is 13.1. The summed E-state index contributed by atoms with van der Waals surface area (Å²) >= 11 is 0. The molecule has 22 heavy (non-hydrogen) atoms. The Morgan fingerprint density at radius 2 is 2.05 bits per heavy atom. The van der Waals surface area contributed by atoms with Crippen molar-refractivity contribution in [2.75, 3.05) is 6.54 Å². The molecule has 0 bridgehead atoms. The summed E-state index contributed by atoms with van der Waals surface area (Å²) in [6.45, 7) is 0.380. The molecule has 1 N–H and O–H groups in total. The minimum Gasteiger partial charge on any atom is -0.393 e. The van der Waals surface area contributed by atoms with Gasteiger partial charge in [0.15, 0.2) is 5.03 Å². The topological polar surface area (TPSA) is 74.9 Å². The highest BCUT2D eigenvalue weighted by molar-refractivity contribution is 7.89. The predicted octanol–water partition coefficient (Wildman–Crippen LogP) is 1.26. The normalized spacial score (nSPS) is 27.3. The number of aliphatic hydroxyl groups is 1. The maximum Gasteiger partial charge on any atom is 0.260 e. The number of aromatic nitrogens is 2. The molecule has 2 aromatic heterocycles. The van der Waals surface area contributed by atoms with E-state index in [2.05, 4.69) is 4.98 Å². The van der Waals surface area contributed by atoms with Crippen molar-refractivity contribution in [3.8, 4) is 0 Å². The minimum absolute atomic E-state index is 0.0805. The smallest absolute Gasteiger partial charge is 0.260 e. The Hall–Kier alpha value is -1.44. The molecule has 2 fully saturated rings. The van der Waals surface area contributed by atoms with Gasteiger partial charge >= 0.3 is 0 Å². The monoisotopic (exact) mass is 321 g/mol. The number of hydrogen-bond donors (Lipinski definition) is 1. The van der Waals surface area contributed by atoms with Gasteiger partial charge in [-0.2, -0.15) is 4.31 Å². The summed E-state index contributed by atoms with van der Waals surface area (Å²) < 4.78 is 29.4. The van der Waals surface area contributed by atoms with Gasteiger partial charge in [-0.05, 0) is 43.7 Å². The number of piperidine rings is 1. The predicted molar refractivity (Wildman–Crippen MR) is 80.8 cm³/mol. The highest BCUT2D eigenvalue weighted by Crippen LogP contribution is 2.41. The average Bonchev–Trinajstić information content (AvgIpc) is 3.25. The van der Waals surface area contributed by atoms with Crippen molar-refractivity contribution in [1.29, 1.82) is 0 Å². The molecular weight excluding hydrogens is 302 g/mol. The van der Waals surface area contributed by atoms with Crippen LogP contribution in [0.5, 0.6) is 0 Å². The molecule has 7 heteroatoms. The lowest BCUT2D eigenvalue weighted by Gasteiger charge is -2.36. The van der Waals surface area contributed by atoms with Crippen molar-refractivity contribution in [2.45, 2.75) is 42.9 Å². The van der Waals surface area contributed by atoms with Crippen LogP contribution in [0.25, 0.3) is 5.65 Å². The SMILES string of the molecule is O=S(=O)(c1cnc2ccccn12)N1CC[C@@H](O)C[C@@H]1C1CC1. The van der Waals surface area contributed by atoms with Gasteiger partial charge in [0.2, 0.25) is 0 Å². The summed E-state index contributed by atoms with van der Waals surface area (Å²) in [6.07, 6.45) is 5.91. The number of nitrogens with zero attached hydrogens (tertiary/aromatic N) is 3. The van der Waals surface area contributed by atoms with Gasteiger partial charge in [-0.1, -0.05) is 6.07 Å². The third-order valence-corrected chi connectivity index (χ3v) is 6.59. The number of pyridine rings is 1. The third kappa shape index (κ3) is 2.24. The number of imidazole rings is 1. The second-order valence-electron chi connectivity index (χ2n) is 6.22. The van der Waals surface area contributed by atoms with Gasteiger partial charge < -0.3 is 5.11 Å². The van der Waals surface area contributed by atoms with Crippen LogP contribution in [-0.4, -0.2) is 45.9 Å². The lowest BCUT2D eigenvalue weighted by atomic mass is 9.98. The lowest BCUT2D eigenvalue weighted by molar-refractivity contribution is 0.0734. The van der Waals surface area contributed by atoms with E-state index < -0.39 is 10.0 Å². The second kappa shape index (κ2) is 5.04. The van der Waals surface area contributed by atoms with E-state index in [9.17, 15) is 13.5 Å². The summed E-state index contributed by atoms with van der Waals surface area (Å²) in [6, 6.07) is 5.34. The number of sulfonamides is 1. The van der Waals surface area contributed by atoms with Crippen molar-refractivity contribution >= 4 is 15.7 Å². The Labute approximate surface area is 129 Å². The first kappa shape index (κ1) is 14.2. The molecule has 3 heterocycles. The Balaban J connectivity index is 1.76. The van der Waals surface area contributed by atoms with Crippen LogP contribution in [0.15, 0.2) is 35.6 Å². The molecule has 2 atom stereocenters. The van der Waals surface area contributed by atoms with E-state index >= 15 is 0 Å². The highest BCUT2D eigenvalue weighted by Gasteiger charge is 2.44. The van der Waals surface area contributed by atoms with E-state index in [1.807, 2.05) is 6.07 Å². The fourth-order valence-corrected chi connectivity index (χ4v) is 5.17. The molecule has 118 valence electrons. The zero-order chi connectivity index (χ0) is 15.3. The van der Waals surface area contributed by atoms with E-state index in [0.29, 0.717) is 31.0 Å². The molecule has 0 spiro atoms. The van der Waals surface area contributed by atoms with Crippen LogP contribution in [0.4, 0.5) is 0 Å². The van der Waals surface area contributed by atoms with E-state index in [1.165, 1.54) is 6.20 Å². The van der Waals surface area contributed by atoms with E-state index in [0.717, 1.165) is 12.8 Å². The summed E-state index contributed by atoms with van der Waals surface area (Å²) in [7, 11) is -3.60. The average molecular weight is 321 g/mol. The van der Waals surface area contributed by atoms with Gasteiger partial charge in [0.25, 0.3) is 10.0 Å². The van der Waals surface area contributed by atoms with Gasteiger partial charge in [-0.3, -0.25) is 4.40 Å². The third-order valence-electron chi connectivity index (χ3n) is 4.69. The Kier molecular flexibility index (Phi) is 3.25. The van der Waals surface area contributed by atoms with E-state index in [4.69, 9.17) is 0 Å². The van der Waals surface area contributed by atoms with Crippen molar-refractivity contribution in [2.24, 2.45) is 5.92 Å². The van der Waals surface area contributed by atoms with Crippen LogP contribution >= 0.6 is 0 Å². The van der Waals surface area contributed by atoms with E-state index in [-0.39, 0.29) is 17.2 Å². The van der Waals surface area contributed by atoms with Gasteiger partial charge in [0.1, 0.15) is 5.65 Å². The first-order valence-corrected chi connectivity index (χ1v) is 9.13. The number of hydrogen-bond acceptors (Lipinski definition) is 4. The molecule has 0 radical (unpaired) electrons. The quantitative estimate of drug-likeness (QED) is 0.923. The second-order valence-corrected chi connectivity index (χ2v) is 8.06. The fraction of sp³-hybridized carbons (Fsp3) is 0.533. The molecule has 0 aromatic carbocycles. The molecule has 2 aromatic rings. The summed E-state index contributed by atoms with van der Waals surface area (Å²) in [5.41, 5.74) is 0.626. The fourth-order valence-electron chi connectivity index (χ4n) is 3.38. The first-order chi connectivity index (χ1) is 10.6. The van der Waals surface area contributed by atoms with Crippen LogP contribution in [0.2, 0.25) is 0 Å². The molecule has 0 amide bonds. The summed E-state index contributed by atoms with van der Waals surface area (Å²) in [5, 5.41) is 10.1. The molecule has 0 unspecified atom stereocenters. The van der Waals surface area contributed by atoms with Gasteiger partial charge in [-0.15, -0.1) is 0 Å². The largest absolute Gasteiger partial charge is 0.393 e. The van der Waals surface area contributed by atoms with Crippen molar-refractivity contribution in [1.82, 2.24) is 13.7 Å². The molecule has 4 rings (SSSR count). The molecule has 6 nitrogen and oxygen atoms in total. The highest BCUT2D eigenvalue weighted by atomic mass is 32.2. The van der Waals surface area contributed by atoms with Gasteiger partial charge in [0, 0.05) is 18.8 Å². The number of fused-ring (bicyclic) bond motifs is 1. The standard InChI is InChI=1S/C15H19N3O3S/c19-12-6-8-18(13(9-12)11-4-5-11)22(20,21)15-10-16-14-3-1-2-7-17(14)15/h1-3,7,10-13,19H,4-6,8-9H2/t12-,13-/m1/s1. The molecule has 2 aliphatic rings. The lowest BCUT2D eigenvalue weighted by Crippen LogP contribution is -2.48. The van der Waals surface area contributed by atoms with Gasteiger partial charge in [0.05, 0.1) is 12.3 Å². The maximum absolute atomic E-state index is 13.1. The first-order valence-electron chi connectivity index (χ1n) is 7.69. The Morgan fingerprint density at radius 3 is 2.82 bits per heavy atom. The molecule has 1 aliphatic carbocycles. The van der Waals surface area contributed by atoms with Crippen LogP contribution in [-0.2, 0) is 10.0 Å². The molecule has 1 saturated heterocycles. The number of aliphatic hydroxyl groups excluding tert-OH is 1. The molecular formula is C15H19N3O3S. The zero-order valence-electron chi connectivity index (χ0n) is 12.2. The molecule has 1 saturated carbocycles.